The lowest BCUT2D eigenvalue weighted by Gasteiger charge is -2.27. The molecule has 126 valence electrons. The van der Waals surface area contributed by atoms with Gasteiger partial charge in [0.25, 0.3) is 0 Å². The number of aliphatic carboxylic acids is 1. The maximum absolute atomic E-state index is 12.6. The fourth-order valence-corrected chi connectivity index (χ4v) is 3.65. The molecular weight excluding hydrogens is 308 g/mol. The number of nitrogens with zero attached hydrogens (tertiary/aromatic N) is 1. The van der Waals surface area contributed by atoms with Gasteiger partial charge in [0.15, 0.2) is 0 Å². The Labute approximate surface area is 139 Å². The van der Waals surface area contributed by atoms with Gasteiger partial charge in [0.2, 0.25) is 5.91 Å². The number of rotatable bonds is 5. The highest BCUT2D eigenvalue weighted by Gasteiger charge is 2.48. The Morgan fingerprint density at radius 2 is 1.92 bits per heavy atom. The molecule has 4 rings (SSSR count). The van der Waals surface area contributed by atoms with Crippen LogP contribution in [0.4, 0.5) is 0 Å². The molecule has 1 aromatic heterocycles. The molecule has 1 aromatic carbocycles. The number of para-hydroxylation sites is 1. The molecule has 2 unspecified atom stereocenters. The first-order valence-corrected chi connectivity index (χ1v) is 8.39. The van der Waals surface area contributed by atoms with Crippen LogP contribution in [0.1, 0.15) is 31.4 Å². The molecule has 0 bridgehead atoms. The van der Waals surface area contributed by atoms with Crippen molar-refractivity contribution in [3.8, 4) is 0 Å². The largest absolute Gasteiger partial charge is 0.480 e. The molecule has 24 heavy (non-hydrogen) atoms. The quantitative estimate of drug-likeness (QED) is 0.878. The van der Waals surface area contributed by atoms with Crippen LogP contribution in [0.15, 0.2) is 34.7 Å². The maximum Gasteiger partial charge on any atom is 0.320 e. The molecule has 0 spiro atoms. The Bertz CT molecular complexity index is 747. The van der Waals surface area contributed by atoms with Gasteiger partial charge in [-0.1, -0.05) is 18.2 Å². The number of furan rings is 1. The van der Waals surface area contributed by atoms with E-state index in [-0.39, 0.29) is 18.0 Å². The zero-order valence-corrected chi connectivity index (χ0v) is 13.3. The van der Waals surface area contributed by atoms with Crippen molar-refractivity contribution in [2.24, 2.45) is 0 Å². The van der Waals surface area contributed by atoms with Crippen LogP contribution in [-0.2, 0) is 16.1 Å². The second kappa shape index (κ2) is 5.94. The molecule has 2 aromatic rings. The van der Waals surface area contributed by atoms with E-state index in [4.69, 9.17) is 4.42 Å². The van der Waals surface area contributed by atoms with E-state index >= 15 is 0 Å². The number of fused-ring (bicyclic) bond motifs is 1. The number of benzene rings is 1. The third-order valence-corrected chi connectivity index (χ3v) is 4.90. The smallest absolute Gasteiger partial charge is 0.320 e. The normalized spacial score (nSPS) is 24.3. The Morgan fingerprint density at radius 3 is 2.62 bits per heavy atom. The summed E-state index contributed by atoms with van der Waals surface area (Å²) in [6.07, 6.45) is 3.10. The van der Waals surface area contributed by atoms with Crippen LogP contribution in [0.2, 0.25) is 0 Å². The van der Waals surface area contributed by atoms with E-state index in [0.29, 0.717) is 25.1 Å². The molecule has 6 heteroatoms. The summed E-state index contributed by atoms with van der Waals surface area (Å²) >= 11 is 0. The first kappa shape index (κ1) is 15.2. The summed E-state index contributed by atoms with van der Waals surface area (Å²) in [7, 11) is 0. The third kappa shape index (κ3) is 2.78. The highest BCUT2D eigenvalue weighted by Crippen LogP contribution is 2.37. The van der Waals surface area contributed by atoms with Gasteiger partial charge in [-0.25, -0.2) is 0 Å². The fraction of sp³-hybridized carbons (Fsp3) is 0.444. The van der Waals surface area contributed by atoms with Crippen LogP contribution in [0.25, 0.3) is 11.0 Å². The highest BCUT2D eigenvalue weighted by molar-refractivity contribution is 5.84. The predicted octanol–water partition coefficient (Wildman–Crippen LogP) is 2.13. The van der Waals surface area contributed by atoms with Gasteiger partial charge in [0.1, 0.15) is 17.4 Å². The van der Waals surface area contributed by atoms with Gasteiger partial charge in [-0.2, -0.15) is 0 Å². The van der Waals surface area contributed by atoms with Crippen molar-refractivity contribution < 1.29 is 19.1 Å². The number of carboxylic acids is 1. The molecule has 1 amide bonds. The SMILES string of the molecule is O=C(O)C1CCC(C(=O)NCc2cc3ccccc3o2)N1C1CC1. The summed E-state index contributed by atoms with van der Waals surface area (Å²) < 4.78 is 5.70. The second-order valence-corrected chi connectivity index (χ2v) is 6.59. The Hall–Kier alpha value is -2.34. The summed E-state index contributed by atoms with van der Waals surface area (Å²) in [4.78, 5) is 25.9. The molecule has 6 nitrogen and oxygen atoms in total. The van der Waals surface area contributed by atoms with Crippen LogP contribution < -0.4 is 5.32 Å². The van der Waals surface area contributed by atoms with E-state index in [2.05, 4.69) is 5.32 Å². The minimum Gasteiger partial charge on any atom is -0.480 e. The van der Waals surface area contributed by atoms with E-state index in [1.54, 1.807) is 0 Å². The monoisotopic (exact) mass is 328 g/mol. The molecule has 2 aliphatic rings. The summed E-state index contributed by atoms with van der Waals surface area (Å²) in [5, 5.41) is 13.3. The fourth-order valence-electron chi connectivity index (χ4n) is 3.65. The number of amides is 1. The first-order valence-electron chi connectivity index (χ1n) is 8.39. The second-order valence-electron chi connectivity index (χ2n) is 6.59. The molecule has 1 saturated heterocycles. The molecule has 2 heterocycles. The predicted molar refractivity (Wildman–Crippen MR) is 87.4 cm³/mol. The Morgan fingerprint density at radius 1 is 1.17 bits per heavy atom. The third-order valence-electron chi connectivity index (χ3n) is 4.90. The van der Waals surface area contributed by atoms with E-state index < -0.39 is 12.0 Å². The number of hydrogen-bond acceptors (Lipinski definition) is 4. The molecule has 2 N–H and O–H groups in total. The van der Waals surface area contributed by atoms with Crippen LogP contribution >= 0.6 is 0 Å². The highest BCUT2D eigenvalue weighted by atomic mass is 16.4. The van der Waals surface area contributed by atoms with Gasteiger partial charge in [-0.05, 0) is 37.8 Å². The zero-order chi connectivity index (χ0) is 16.7. The van der Waals surface area contributed by atoms with E-state index in [9.17, 15) is 14.7 Å². The van der Waals surface area contributed by atoms with Gasteiger partial charge in [-0.3, -0.25) is 14.5 Å². The Kier molecular flexibility index (Phi) is 3.76. The van der Waals surface area contributed by atoms with Crippen molar-refractivity contribution in [3.63, 3.8) is 0 Å². The maximum atomic E-state index is 12.6. The van der Waals surface area contributed by atoms with Gasteiger partial charge >= 0.3 is 5.97 Å². The number of hydrogen-bond donors (Lipinski definition) is 2. The van der Waals surface area contributed by atoms with Crippen molar-refractivity contribution in [1.82, 2.24) is 10.2 Å². The number of carbonyl (C=O) groups excluding carboxylic acids is 1. The van der Waals surface area contributed by atoms with E-state index in [1.807, 2.05) is 35.2 Å². The van der Waals surface area contributed by atoms with Crippen LogP contribution in [0, 0.1) is 0 Å². The molecule has 1 saturated carbocycles. The van der Waals surface area contributed by atoms with Crippen molar-refractivity contribution >= 4 is 22.8 Å². The van der Waals surface area contributed by atoms with Crippen molar-refractivity contribution in [2.45, 2.75) is 50.4 Å². The molecule has 1 aliphatic heterocycles. The van der Waals surface area contributed by atoms with Crippen LogP contribution in [0.5, 0.6) is 0 Å². The molecule has 1 aliphatic carbocycles. The number of likely N-dealkylation sites (tertiary alicyclic amines) is 1. The minimum absolute atomic E-state index is 0.105. The minimum atomic E-state index is -0.825. The van der Waals surface area contributed by atoms with Crippen molar-refractivity contribution in [1.29, 1.82) is 0 Å². The van der Waals surface area contributed by atoms with Gasteiger partial charge in [-0.15, -0.1) is 0 Å². The first-order chi connectivity index (χ1) is 11.6. The molecule has 2 fully saturated rings. The Balaban J connectivity index is 1.43. The molecular formula is C18H20N2O4. The number of carboxylic acid groups (broad SMARTS) is 1. The average Bonchev–Trinajstić information content (AvgIpc) is 3.17. The summed E-state index contributed by atoms with van der Waals surface area (Å²) in [6, 6.07) is 9.00. The van der Waals surface area contributed by atoms with Gasteiger partial charge in [0.05, 0.1) is 12.6 Å². The lowest BCUT2D eigenvalue weighted by atomic mass is 10.2. The molecule has 2 atom stereocenters. The zero-order valence-electron chi connectivity index (χ0n) is 13.3. The molecule has 0 radical (unpaired) electrons. The lowest BCUT2D eigenvalue weighted by Crippen LogP contribution is -2.49. The van der Waals surface area contributed by atoms with Crippen LogP contribution in [0.3, 0.4) is 0 Å². The average molecular weight is 328 g/mol. The topological polar surface area (TPSA) is 82.8 Å². The van der Waals surface area contributed by atoms with Crippen molar-refractivity contribution in [3.05, 3.63) is 36.1 Å². The van der Waals surface area contributed by atoms with Crippen LogP contribution in [-0.4, -0.2) is 40.0 Å². The summed E-state index contributed by atoms with van der Waals surface area (Å²) in [6.45, 7) is 0.320. The van der Waals surface area contributed by atoms with E-state index in [1.165, 1.54) is 0 Å². The summed E-state index contributed by atoms with van der Waals surface area (Å²) in [5.41, 5.74) is 0.799. The lowest BCUT2D eigenvalue weighted by molar-refractivity contribution is -0.143. The van der Waals surface area contributed by atoms with Gasteiger partial charge < -0.3 is 14.8 Å². The summed E-state index contributed by atoms with van der Waals surface area (Å²) in [5.74, 6) is -0.226. The van der Waals surface area contributed by atoms with Crippen molar-refractivity contribution in [2.75, 3.05) is 0 Å². The number of nitrogens with one attached hydrogen (secondary N) is 1. The van der Waals surface area contributed by atoms with E-state index in [0.717, 1.165) is 23.8 Å². The standard InChI is InChI=1S/C18H20N2O4/c21-17(14-7-8-15(18(22)23)20(14)12-5-6-12)19-10-13-9-11-3-1-2-4-16(11)24-13/h1-4,9,12,14-15H,5-8,10H2,(H,19,21)(H,22,23). The number of carbonyl (C=O) groups is 2. The van der Waals surface area contributed by atoms with Gasteiger partial charge in [0, 0.05) is 11.4 Å².